The topological polar surface area (TPSA) is 31.2 Å². The van der Waals surface area contributed by atoms with Gasteiger partial charge in [0, 0.05) is 24.3 Å². The lowest BCUT2D eigenvalue weighted by Crippen LogP contribution is -2.00. The van der Waals surface area contributed by atoms with Crippen molar-refractivity contribution in [3.8, 4) is 0 Å². The number of nitrogens with zero attached hydrogens (tertiary/aromatic N) is 1. The van der Waals surface area contributed by atoms with Crippen LogP contribution < -0.4 is 0 Å². The average Bonchev–Trinajstić information content (AvgIpc) is 2.66. The lowest BCUT2D eigenvalue weighted by Gasteiger charge is -2.00. The first-order valence-electron chi connectivity index (χ1n) is 4.58. The summed E-state index contributed by atoms with van der Waals surface area (Å²) < 4.78 is 6.62. The minimum Gasteiger partial charge on any atom is -0.465 e. The van der Waals surface area contributed by atoms with Crippen molar-refractivity contribution < 1.29 is 9.53 Å². The maximum Gasteiger partial charge on any atom is 0.339 e. The lowest BCUT2D eigenvalue weighted by atomic mass is 10.3. The zero-order valence-electron chi connectivity index (χ0n) is 8.20. The van der Waals surface area contributed by atoms with Crippen LogP contribution in [0.4, 0.5) is 0 Å². The van der Waals surface area contributed by atoms with E-state index in [2.05, 4.69) is 20.7 Å². The largest absolute Gasteiger partial charge is 0.465 e. The van der Waals surface area contributed by atoms with Crippen molar-refractivity contribution in [1.29, 1.82) is 0 Å². The van der Waals surface area contributed by atoms with Crippen LogP contribution in [0.25, 0.3) is 0 Å². The van der Waals surface area contributed by atoms with E-state index in [1.54, 1.807) is 6.07 Å². The van der Waals surface area contributed by atoms with E-state index in [9.17, 15) is 4.79 Å². The molecule has 4 heteroatoms. The Hall–Kier alpha value is -0.770. The SMILES string of the molecule is COC(=O)c1ccn(CCCCBr)c1. The number of ether oxygens (including phenoxy) is 1. The van der Waals surface area contributed by atoms with Gasteiger partial charge in [-0.1, -0.05) is 15.9 Å². The average molecular weight is 260 g/mol. The van der Waals surface area contributed by atoms with Crippen molar-refractivity contribution in [2.75, 3.05) is 12.4 Å². The van der Waals surface area contributed by atoms with Gasteiger partial charge in [-0.3, -0.25) is 0 Å². The van der Waals surface area contributed by atoms with E-state index in [1.165, 1.54) is 7.11 Å². The van der Waals surface area contributed by atoms with Crippen LogP contribution in [0.2, 0.25) is 0 Å². The van der Waals surface area contributed by atoms with E-state index in [0.29, 0.717) is 5.56 Å². The van der Waals surface area contributed by atoms with E-state index < -0.39 is 0 Å². The molecule has 0 radical (unpaired) electrons. The molecule has 1 aromatic rings. The van der Waals surface area contributed by atoms with Gasteiger partial charge in [-0.05, 0) is 18.9 Å². The Morgan fingerprint density at radius 1 is 1.57 bits per heavy atom. The third kappa shape index (κ3) is 3.18. The highest BCUT2D eigenvalue weighted by molar-refractivity contribution is 9.09. The van der Waals surface area contributed by atoms with Gasteiger partial charge in [-0.25, -0.2) is 4.79 Å². The van der Waals surface area contributed by atoms with Gasteiger partial charge in [0.15, 0.2) is 0 Å². The molecule has 0 aliphatic rings. The minimum atomic E-state index is -0.274. The van der Waals surface area contributed by atoms with Gasteiger partial charge in [0.2, 0.25) is 0 Å². The number of unbranched alkanes of at least 4 members (excludes halogenated alkanes) is 1. The zero-order chi connectivity index (χ0) is 10.4. The molecule has 0 saturated heterocycles. The molecule has 0 spiro atoms. The second-order valence-corrected chi connectivity index (χ2v) is 3.82. The number of rotatable bonds is 5. The van der Waals surface area contributed by atoms with Crippen molar-refractivity contribution in [1.82, 2.24) is 4.57 Å². The first kappa shape index (κ1) is 11.3. The van der Waals surface area contributed by atoms with Gasteiger partial charge in [-0.2, -0.15) is 0 Å². The number of alkyl halides is 1. The number of carbonyl (C=O) groups is 1. The van der Waals surface area contributed by atoms with E-state index in [4.69, 9.17) is 0 Å². The number of aromatic nitrogens is 1. The van der Waals surface area contributed by atoms with Crippen molar-refractivity contribution in [2.24, 2.45) is 0 Å². The Bertz CT molecular complexity index is 296. The van der Waals surface area contributed by atoms with Crippen LogP contribution in [-0.4, -0.2) is 23.0 Å². The molecule has 0 aliphatic carbocycles. The molecule has 0 amide bonds. The minimum absolute atomic E-state index is 0.274. The standard InChI is InChI=1S/C10H14BrNO2/c1-14-10(13)9-4-7-12(8-9)6-3-2-5-11/h4,7-8H,2-3,5-6H2,1H3. The quantitative estimate of drug-likeness (QED) is 0.462. The molecule has 3 nitrogen and oxygen atoms in total. The van der Waals surface area contributed by atoms with Crippen LogP contribution >= 0.6 is 15.9 Å². The van der Waals surface area contributed by atoms with E-state index in [-0.39, 0.29) is 5.97 Å². The van der Waals surface area contributed by atoms with Gasteiger partial charge in [-0.15, -0.1) is 0 Å². The molecule has 78 valence electrons. The summed E-state index contributed by atoms with van der Waals surface area (Å²) in [5.74, 6) is -0.274. The number of carbonyl (C=O) groups excluding carboxylic acids is 1. The predicted octanol–water partition coefficient (Wildman–Crippen LogP) is 2.45. The van der Waals surface area contributed by atoms with Crippen LogP contribution in [0.5, 0.6) is 0 Å². The fraction of sp³-hybridized carbons (Fsp3) is 0.500. The smallest absolute Gasteiger partial charge is 0.339 e. The Balaban J connectivity index is 2.46. The Labute approximate surface area is 92.2 Å². The van der Waals surface area contributed by atoms with Gasteiger partial charge < -0.3 is 9.30 Å². The molecule has 0 atom stereocenters. The fourth-order valence-corrected chi connectivity index (χ4v) is 1.60. The van der Waals surface area contributed by atoms with Crippen LogP contribution in [0.1, 0.15) is 23.2 Å². The van der Waals surface area contributed by atoms with Crippen LogP contribution in [0.3, 0.4) is 0 Å². The molecule has 0 unspecified atom stereocenters. The molecule has 1 aromatic heterocycles. The summed E-state index contributed by atoms with van der Waals surface area (Å²) in [4.78, 5) is 11.1. The van der Waals surface area contributed by atoms with Crippen molar-refractivity contribution in [2.45, 2.75) is 19.4 Å². The fourth-order valence-electron chi connectivity index (χ4n) is 1.21. The first-order chi connectivity index (χ1) is 6.77. The Morgan fingerprint density at radius 3 is 3.00 bits per heavy atom. The highest BCUT2D eigenvalue weighted by Crippen LogP contribution is 2.05. The molecule has 14 heavy (non-hydrogen) atoms. The highest BCUT2D eigenvalue weighted by Gasteiger charge is 2.05. The zero-order valence-corrected chi connectivity index (χ0v) is 9.79. The first-order valence-corrected chi connectivity index (χ1v) is 5.70. The van der Waals surface area contributed by atoms with Crippen molar-refractivity contribution in [3.63, 3.8) is 0 Å². The number of halogens is 1. The molecule has 1 rings (SSSR count). The molecule has 0 N–H and O–H groups in total. The van der Waals surface area contributed by atoms with Crippen molar-refractivity contribution >= 4 is 21.9 Å². The van der Waals surface area contributed by atoms with Crippen LogP contribution in [0.15, 0.2) is 18.5 Å². The molecular weight excluding hydrogens is 246 g/mol. The third-order valence-electron chi connectivity index (χ3n) is 1.97. The normalized spacial score (nSPS) is 10.1. The lowest BCUT2D eigenvalue weighted by molar-refractivity contribution is 0.0600. The maximum absolute atomic E-state index is 11.1. The molecule has 1 heterocycles. The monoisotopic (exact) mass is 259 g/mol. The Kier molecular flexibility index (Phi) is 4.73. The summed E-state index contributed by atoms with van der Waals surface area (Å²) in [5.41, 5.74) is 0.617. The number of methoxy groups -OCH3 is 1. The molecular formula is C10H14BrNO2. The predicted molar refractivity (Wildman–Crippen MR) is 58.8 cm³/mol. The summed E-state index contributed by atoms with van der Waals surface area (Å²) >= 11 is 3.38. The third-order valence-corrected chi connectivity index (χ3v) is 2.53. The van der Waals surface area contributed by atoms with E-state index in [0.717, 1.165) is 24.7 Å². The Morgan fingerprint density at radius 2 is 2.36 bits per heavy atom. The second kappa shape index (κ2) is 5.86. The summed E-state index contributed by atoms with van der Waals surface area (Å²) in [5, 5.41) is 1.03. The molecule has 0 fully saturated rings. The van der Waals surface area contributed by atoms with Gasteiger partial charge in [0.1, 0.15) is 0 Å². The number of aryl methyl sites for hydroxylation is 1. The van der Waals surface area contributed by atoms with E-state index in [1.807, 2.05) is 17.0 Å². The number of esters is 1. The summed E-state index contributed by atoms with van der Waals surface area (Å²) in [6.45, 7) is 0.947. The second-order valence-electron chi connectivity index (χ2n) is 3.03. The van der Waals surface area contributed by atoms with Crippen LogP contribution in [-0.2, 0) is 11.3 Å². The highest BCUT2D eigenvalue weighted by atomic mass is 79.9. The van der Waals surface area contributed by atoms with Crippen molar-refractivity contribution in [3.05, 3.63) is 24.0 Å². The van der Waals surface area contributed by atoms with Gasteiger partial charge >= 0.3 is 5.97 Å². The van der Waals surface area contributed by atoms with Gasteiger partial charge in [0.25, 0.3) is 0 Å². The molecule has 0 aliphatic heterocycles. The molecule has 0 bridgehead atoms. The summed E-state index contributed by atoms with van der Waals surface area (Å²) in [6.07, 6.45) is 5.98. The maximum atomic E-state index is 11.1. The molecule has 0 aromatic carbocycles. The van der Waals surface area contributed by atoms with Crippen LogP contribution in [0, 0.1) is 0 Å². The summed E-state index contributed by atoms with van der Waals surface area (Å²) in [7, 11) is 1.39. The van der Waals surface area contributed by atoms with E-state index >= 15 is 0 Å². The summed E-state index contributed by atoms with van der Waals surface area (Å²) in [6, 6.07) is 1.78. The number of hydrogen-bond acceptors (Lipinski definition) is 2. The van der Waals surface area contributed by atoms with Gasteiger partial charge in [0.05, 0.1) is 12.7 Å². The number of hydrogen-bond donors (Lipinski definition) is 0. The molecule has 0 saturated carbocycles.